The van der Waals surface area contributed by atoms with Crippen molar-refractivity contribution < 1.29 is 0 Å². The second-order valence-corrected chi connectivity index (χ2v) is 2.50. The van der Waals surface area contributed by atoms with Gasteiger partial charge in [-0.25, -0.2) is 9.97 Å². The Bertz CT molecular complexity index is 174. The normalized spacial score (nSPS) is 9.25. The van der Waals surface area contributed by atoms with Crippen molar-refractivity contribution in [1.29, 1.82) is 0 Å². The highest BCUT2D eigenvalue weighted by atomic mass is 127. The zero-order chi connectivity index (χ0) is 5.98. The molecule has 0 unspecified atom stereocenters. The van der Waals surface area contributed by atoms with E-state index in [4.69, 9.17) is 11.6 Å². The first-order valence-electron chi connectivity index (χ1n) is 1.93. The van der Waals surface area contributed by atoms with Gasteiger partial charge in [0, 0.05) is 28.8 Å². The molecule has 8 heavy (non-hydrogen) atoms. The molecule has 0 atom stereocenters. The molecule has 0 spiro atoms. The minimum Gasteiger partial charge on any atom is -0.232 e. The van der Waals surface area contributed by atoms with Gasteiger partial charge in [-0.2, -0.15) is 0 Å². The fourth-order valence-corrected chi connectivity index (χ4v) is 1.01. The van der Waals surface area contributed by atoms with Crippen LogP contribution in [0.1, 0.15) is 0 Å². The van der Waals surface area contributed by atoms with Gasteiger partial charge in [0.2, 0.25) is 0 Å². The van der Waals surface area contributed by atoms with Crippen molar-refractivity contribution in [2.45, 2.75) is 0 Å². The molecule has 1 aromatic rings. The van der Waals surface area contributed by atoms with Crippen molar-refractivity contribution in [2.24, 2.45) is 0 Å². The highest BCUT2D eigenvalue weighted by molar-refractivity contribution is 14.1. The first-order chi connectivity index (χ1) is 3.79. The van der Waals surface area contributed by atoms with Crippen LogP contribution < -0.4 is 0 Å². The third-order valence-corrected chi connectivity index (χ3v) is 1.32. The van der Waals surface area contributed by atoms with E-state index in [1.807, 2.05) is 22.6 Å². The molecule has 1 rings (SSSR count). The maximum absolute atomic E-state index is 5.49. The van der Waals surface area contributed by atoms with Gasteiger partial charge in [-0.05, 0) is 6.07 Å². The zero-order valence-corrected chi connectivity index (χ0v) is 6.72. The van der Waals surface area contributed by atoms with Crippen LogP contribution >= 0.6 is 34.2 Å². The molecule has 1 aromatic heterocycles. The van der Waals surface area contributed by atoms with Crippen LogP contribution in [0.15, 0.2) is 12.3 Å². The van der Waals surface area contributed by atoms with Crippen LogP contribution in [-0.4, -0.2) is 9.97 Å². The fraction of sp³-hybridized carbons (Fsp3) is 0. The summed E-state index contributed by atoms with van der Waals surface area (Å²) in [7, 11) is 0. The Hall–Kier alpha value is 0.1000. The van der Waals surface area contributed by atoms with Gasteiger partial charge in [-0.3, -0.25) is 0 Å². The van der Waals surface area contributed by atoms with E-state index in [0.717, 1.165) is 0 Å². The lowest BCUT2D eigenvalue weighted by molar-refractivity contribution is 1.11. The Labute approximate surface area is 65.4 Å². The minimum atomic E-state index is 0.490. The molecule has 4 heteroatoms. The van der Waals surface area contributed by atoms with Gasteiger partial charge in [0.05, 0.1) is 0 Å². The van der Waals surface area contributed by atoms with E-state index in [-0.39, 0.29) is 0 Å². The van der Waals surface area contributed by atoms with Gasteiger partial charge in [-0.1, -0.05) is 11.6 Å². The topological polar surface area (TPSA) is 25.8 Å². The van der Waals surface area contributed by atoms with Crippen LogP contribution in [0.2, 0.25) is 5.15 Å². The van der Waals surface area contributed by atoms with Crippen molar-refractivity contribution >= 4 is 34.2 Å². The predicted molar refractivity (Wildman–Crippen MR) is 39.8 cm³/mol. The summed E-state index contributed by atoms with van der Waals surface area (Å²) in [4.78, 5) is 7.65. The summed E-state index contributed by atoms with van der Waals surface area (Å²) in [5.74, 6) is 0. The van der Waals surface area contributed by atoms with E-state index in [1.165, 1.54) is 0 Å². The molecule has 0 saturated heterocycles. The maximum atomic E-state index is 5.49. The summed E-state index contributed by atoms with van der Waals surface area (Å²) in [5.41, 5.74) is 0. The van der Waals surface area contributed by atoms with E-state index in [0.29, 0.717) is 8.98 Å². The van der Waals surface area contributed by atoms with Crippen LogP contribution in [0.5, 0.6) is 0 Å². The summed E-state index contributed by atoms with van der Waals surface area (Å²) in [6, 6.07) is 1.64. The summed E-state index contributed by atoms with van der Waals surface area (Å²) < 4.78 is 0.676. The quantitative estimate of drug-likeness (QED) is 0.392. The Morgan fingerprint density at radius 3 is 2.75 bits per heavy atom. The van der Waals surface area contributed by atoms with Crippen LogP contribution in [0.3, 0.4) is 0 Å². The molecule has 0 fully saturated rings. The number of hydrogen-bond donors (Lipinski definition) is 0. The van der Waals surface area contributed by atoms with Crippen LogP contribution in [0.4, 0.5) is 0 Å². The standard InChI is InChI=1S/C4H2ClIN2/c5-3-1-2-7-4(6)8-3/h1-2H. The molecule has 0 bridgehead atoms. The predicted octanol–water partition coefficient (Wildman–Crippen LogP) is 1.73. The fourth-order valence-electron chi connectivity index (χ4n) is 0.315. The van der Waals surface area contributed by atoms with E-state index in [9.17, 15) is 0 Å². The Morgan fingerprint density at radius 2 is 2.38 bits per heavy atom. The molecule has 0 aliphatic heterocycles. The largest absolute Gasteiger partial charge is 0.232 e. The summed E-state index contributed by atoms with van der Waals surface area (Å²) in [6.07, 6.45) is 1.62. The molecule has 2 nitrogen and oxygen atoms in total. The number of rotatable bonds is 0. The van der Waals surface area contributed by atoms with Crippen molar-refractivity contribution in [2.75, 3.05) is 0 Å². The van der Waals surface area contributed by atoms with Crippen molar-refractivity contribution in [3.8, 4) is 0 Å². The number of halogens is 2. The molecule has 0 amide bonds. The Balaban J connectivity index is 3.08. The molecule has 0 radical (unpaired) electrons. The lowest BCUT2D eigenvalue weighted by Crippen LogP contribution is -1.82. The molecule has 1 heterocycles. The smallest absolute Gasteiger partial charge is 0.192 e. The highest BCUT2D eigenvalue weighted by Crippen LogP contribution is 2.02. The van der Waals surface area contributed by atoms with Crippen LogP contribution in [0.25, 0.3) is 0 Å². The average Bonchev–Trinajstić information content (AvgIpc) is 1.64. The van der Waals surface area contributed by atoms with Gasteiger partial charge in [0.25, 0.3) is 0 Å². The average molecular weight is 240 g/mol. The van der Waals surface area contributed by atoms with Crippen LogP contribution in [0, 0.1) is 3.83 Å². The van der Waals surface area contributed by atoms with E-state index in [2.05, 4.69) is 9.97 Å². The highest BCUT2D eigenvalue weighted by Gasteiger charge is 1.87. The molecule has 0 saturated carbocycles. The Morgan fingerprint density at radius 1 is 1.62 bits per heavy atom. The first-order valence-corrected chi connectivity index (χ1v) is 3.39. The number of aromatic nitrogens is 2. The molecule has 0 N–H and O–H groups in total. The molecule has 42 valence electrons. The van der Waals surface area contributed by atoms with Crippen molar-refractivity contribution in [3.05, 3.63) is 21.2 Å². The SMILES string of the molecule is Clc1ccnc(I)n1. The van der Waals surface area contributed by atoms with E-state index >= 15 is 0 Å². The lowest BCUT2D eigenvalue weighted by Gasteiger charge is -1.85. The van der Waals surface area contributed by atoms with Crippen LogP contribution in [-0.2, 0) is 0 Å². The van der Waals surface area contributed by atoms with Crippen molar-refractivity contribution in [1.82, 2.24) is 9.97 Å². The molecule has 0 aliphatic carbocycles. The molecular formula is C4H2ClIN2. The van der Waals surface area contributed by atoms with Gasteiger partial charge in [0.15, 0.2) is 3.83 Å². The lowest BCUT2D eigenvalue weighted by atomic mass is 10.7. The summed E-state index contributed by atoms with van der Waals surface area (Å²) in [6.45, 7) is 0. The summed E-state index contributed by atoms with van der Waals surface area (Å²) in [5, 5.41) is 0.490. The van der Waals surface area contributed by atoms with E-state index < -0.39 is 0 Å². The van der Waals surface area contributed by atoms with Crippen molar-refractivity contribution in [3.63, 3.8) is 0 Å². The minimum absolute atomic E-state index is 0.490. The molecular weight excluding hydrogens is 238 g/mol. The van der Waals surface area contributed by atoms with E-state index in [1.54, 1.807) is 12.3 Å². The van der Waals surface area contributed by atoms with Gasteiger partial charge in [-0.15, -0.1) is 0 Å². The molecule has 0 aromatic carbocycles. The third-order valence-electron chi connectivity index (χ3n) is 0.592. The second-order valence-electron chi connectivity index (χ2n) is 1.15. The Kier molecular flexibility index (Phi) is 2.01. The van der Waals surface area contributed by atoms with Gasteiger partial charge >= 0.3 is 0 Å². The number of hydrogen-bond acceptors (Lipinski definition) is 2. The zero-order valence-electron chi connectivity index (χ0n) is 3.81. The summed E-state index contributed by atoms with van der Waals surface area (Å²) >= 11 is 7.49. The second kappa shape index (κ2) is 2.59. The maximum Gasteiger partial charge on any atom is 0.192 e. The first kappa shape index (κ1) is 6.22. The van der Waals surface area contributed by atoms with Gasteiger partial charge in [0.1, 0.15) is 5.15 Å². The third kappa shape index (κ3) is 1.56. The van der Waals surface area contributed by atoms with Gasteiger partial charge < -0.3 is 0 Å². The number of nitrogens with zero attached hydrogens (tertiary/aromatic N) is 2. The molecule has 0 aliphatic rings. The monoisotopic (exact) mass is 240 g/mol.